The number of methoxy groups -OCH3 is 1. The van der Waals surface area contributed by atoms with Crippen LogP contribution in [0.5, 0.6) is 5.75 Å². The Hall–Kier alpha value is -3.68. The largest absolute Gasteiger partial charge is 0.465 e. The number of aromatic nitrogens is 2. The van der Waals surface area contributed by atoms with Crippen molar-refractivity contribution in [3.8, 4) is 5.75 Å². The van der Waals surface area contributed by atoms with E-state index in [0.717, 1.165) is 23.8 Å². The molecular formula is C30H39FN3O10P. The summed E-state index contributed by atoms with van der Waals surface area (Å²) in [7, 11) is -3.14. The van der Waals surface area contributed by atoms with Crippen LogP contribution in [0.1, 0.15) is 50.6 Å². The van der Waals surface area contributed by atoms with Crippen LogP contribution in [0.3, 0.4) is 0 Å². The molecule has 45 heavy (non-hydrogen) atoms. The molecule has 1 aliphatic rings. The van der Waals surface area contributed by atoms with Crippen molar-refractivity contribution in [2.75, 3.05) is 20.3 Å². The lowest BCUT2D eigenvalue weighted by molar-refractivity contribution is -0.145. The summed E-state index contributed by atoms with van der Waals surface area (Å²) in [5.74, 6) is -1.35. The third-order valence-corrected chi connectivity index (χ3v) is 8.53. The zero-order valence-electron chi connectivity index (χ0n) is 25.5. The molecule has 1 fully saturated rings. The molecule has 1 saturated heterocycles. The lowest BCUT2D eigenvalue weighted by Gasteiger charge is -2.27. The molecular weight excluding hydrogens is 612 g/mol. The Morgan fingerprint density at radius 3 is 2.51 bits per heavy atom. The molecule has 0 amide bonds. The van der Waals surface area contributed by atoms with Gasteiger partial charge in [-0.15, -0.1) is 13.2 Å². The predicted molar refractivity (Wildman–Crippen MR) is 163 cm³/mol. The maximum atomic E-state index is 16.3. The Bertz CT molecular complexity index is 1510. The molecule has 1 aliphatic heterocycles. The smallest absolute Gasteiger partial charge is 0.459 e. The number of hydrogen-bond donors (Lipinski definition) is 1. The lowest BCUT2D eigenvalue weighted by atomic mass is 9.98. The second-order valence-corrected chi connectivity index (χ2v) is 12.1. The molecule has 1 aromatic heterocycles. The Morgan fingerprint density at radius 1 is 1.18 bits per heavy atom. The van der Waals surface area contributed by atoms with Crippen molar-refractivity contribution in [1.29, 1.82) is 0 Å². The first-order valence-electron chi connectivity index (χ1n) is 14.3. The number of nitrogens with zero attached hydrogens (tertiary/aromatic N) is 2. The molecule has 2 unspecified atom stereocenters. The van der Waals surface area contributed by atoms with Gasteiger partial charge in [-0.2, -0.15) is 9.65 Å². The number of nitrogens with one attached hydrogen (secondary N) is 1. The van der Waals surface area contributed by atoms with Crippen LogP contribution in [0, 0.1) is 0 Å². The van der Waals surface area contributed by atoms with Crippen LogP contribution in [0.2, 0.25) is 0 Å². The van der Waals surface area contributed by atoms with E-state index in [-0.39, 0.29) is 25.2 Å². The second kappa shape index (κ2) is 16.1. The van der Waals surface area contributed by atoms with Crippen LogP contribution in [0.25, 0.3) is 0 Å². The molecule has 2 heterocycles. The van der Waals surface area contributed by atoms with Gasteiger partial charge in [0.05, 0.1) is 13.2 Å². The summed E-state index contributed by atoms with van der Waals surface area (Å²) < 4.78 is 59.2. The van der Waals surface area contributed by atoms with E-state index in [1.807, 2.05) is 0 Å². The molecule has 0 bridgehead atoms. The quantitative estimate of drug-likeness (QED) is 0.115. The van der Waals surface area contributed by atoms with Crippen molar-refractivity contribution in [1.82, 2.24) is 14.2 Å². The molecule has 246 valence electrons. The molecule has 1 aromatic carbocycles. The molecule has 0 aliphatic carbocycles. The Kier molecular flexibility index (Phi) is 12.8. The molecule has 6 atom stereocenters. The summed E-state index contributed by atoms with van der Waals surface area (Å²) in [5.41, 5.74) is -4.40. The van der Waals surface area contributed by atoms with Gasteiger partial charge in [0.2, 0.25) is 5.91 Å². The van der Waals surface area contributed by atoms with Gasteiger partial charge in [-0.05, 0) is 45.2 Å². The third-order valence-electron chi connectivity index (χ3n) is 6.89. The highest BCUT2D eigenvalue weighted by atomic mass is 31.2. The highest BCUT2D eigenvalue weighted by Crippen LogP contribution is 2.48. The highest BCUT2D eigenvalue weighted by Gasteiger charge is 2.57. The first-order valence-corrected chi connectivity index (χ1v) is 15.8. The summed E-state index contributed by atoms with van der Waals surface area (Å²) in [4.78, 5) is 50.7. The minimum Gasteiger partial charge on any atom is -0.465 e. The number of hydrogen-bond acceptors (Lipinski definition) is 10. The van der Waals surface area contributed by atoms with E-state index in [9.17, 15) is 23.7 Å². The topological polar surface area (TPSA) is 153 Å². The van der Waals surface area contributed by atoms with Crippen LogP contribution >= 0.6 is 7.75 Å². The molecule has 13 nitrogen and oxygen atoms in total. The first kappa shape index (κ1) is 35.8. The summed E-state index contributed by atoms with van der Waals surface area (Å²) in [6, 6.07) is 7.84. The van der Waals surface area contributed by atoms with E-state index in [0.29, 0.717) is 17.4 Å². The number of para-hydroxylation sites is 1. The minimum absolute atomic E-state index is 0.121. The van der Waals surface area contributed by atoms with Crippen molar-refractivity contribution < 1.29 is 41.8 Å². The number of alkyl halides is 1. The van der Waals surface area contributed by atoms with Gasteiger partial charge in [0.25, 0.3) is 5.56 Å². The van der Waals surface area contributed by atoms with Gasteiger partial charge < -0.3 is 18.7 Å². The fourth-order valence-electron chi connectivity index (χ4n) is 4.65. The molecule has 1 N–H and O–H groups in total. The molecule has 0 radical (unpaired) electrons. The summed E-state index contributed by atoms with van der Waals surface area (Å²) in [6.45, 7) is 9.20. The fraction of sp³-hybridized carbons (Fsp3) is 0.467. The van der Waals surface area contributed by atoms with Crippen LogP contribution in [-0.2, 0) is 28.1 Å². The molecule has 3 rings (SSSR count). The van der Waals surface area contributed by atoms with E-state index in [1.165, 1.54) is 32.2 Å². The van der Waals surface area contributed by atoms with Gasteiger partial charge in [0.15, 0.2) is 11.9 Å². The molecule has 2 aromatic rings. The van der Waals surface area contributed by atoms with E-state index < -0.39 is 67.6 Å². The maximum Gasteiger partial charge on any atom is 0.459 e. The van der Waals surface area contributed by atoms with E-state index in [1.54, 1.807) is 24.3 Å². The first-order chi connectivity index (χ1) is 21.4. The van der Waals surface area contributed by atoms with Crippen molar-refractivity contribution >= 4 is 19.6 Å². The number of carbonyl (C=O) groups excluding carboxylic acids is 2. The van der Waals surface area contributed by atoms with Gasteiger partial charge in [-0.1, -0.05) is 30.4 Å². The summed E-state index contributed by atoms with van der Waals surface area (Å²) in [6.07, 6.45) is 1.11. The maximum absolute atomic E-state index is 16.3. The number of ether oxygens (including phenoxy) is 3. The predicted octanol–water partition coefficient (Wildman–Crippen LogP) is 3.95. The number of allylic oxidation sites excluding steroid dienone is 2. The lowest BCUT2D eigenvalue weighted by Crippen LogP contribution is -2.48. The monoisotopic (exact) mass is 651 g/mol. The molecule has 15 heteroatoms. The number of halogens is 1. The number of unbranched alkanes of at least 4 members (excludes halogenated alkanes) is 1. The average Bonchev–Trinajstić information content (AvgIpc) is 3.26. The number of rotatable bonds is 17. The summed E-state index contributed by atoms with van der Waals surface area (Å²) in [5, 5.41) is 2.54. The van der Waals surface area contributed by atoms with Crippen LogP contribution in [-0.4, -0.2) is 65.3 Å². The Labute approximate surface area is 260 Å². The van der Waals surface area contributed by atoms with Gasteiger partial charge in [-0.25, -0.2) is 13.8 Å². The zero-order valence-corrected chi connectivity index (χ0v) is 26.4. The van der Waals surface area contributed by atoms with Crippen molar-refractivity contribution in [3.05, 3.63) is 88.7 Å². The third kappa shape index (κ3) is 8.95. The Balaban J connectivity index is 1.85. The van der Waals surface area contributed by atoms with E-state index in [4.69, 9.17) is 23.3 Å². The van der Waals surface area contributed by atoms with Crippen molar-refractivity contribution in [3.63, 3.8) is 0 Å². The highest BCUT2D eigenvalue weighted by molar-refractivity contribution is 7.52. The van der Waals surface area contributed by atoms with Gasteiger partial charge >= 0.3 is 19.4 Å². The molecule has 0 saturated carbocycles. The van der Waals surface area contributed by atoms with Crippen LogP contribution < -0.4 is 20.9 Å². The van der Waals surface area contributed by atoms with Crippen LogP contribution in [0.15, 0.2) is 77.5 Å². The number of benzene rings is 1. The van der Waals surface area contributed by atoms with Gasteiger partial charge in [-0.3, -0.25) is 23.5 Å². The van der Waals surface area contributed by atoms with Gasteiger partial charge in [0, 0.05) is 25.8 Å². The van der Waals surface area contributed by atoms with E-state index in [2.05, 4.69) is 18.2 Å². The number of carbonyl (C=O) groups is 2. The second-order valence-electron chi connectivity index (χ2n) is 10.4. The SMILES string of the molecule is C=CCCCOC(=O)[C@H](C)N[P@](=O)(OCC1OC(n2ccc(=O)n(C(=O)CCC=C)c2=O)[C@](C)(F)[C@@H]1OC)Oc1ccccc1. The van der Waals surface area contributed by atoms with Crippen LogP contribution in [0.4, 0.5) is 4.39 Å². The normalized spacial score (nSPS) is 23.1. The van der Waals surface area contributed by atoms with Gasteiger partial charge in [0.1, 0.15) is 24.0 Å². The fourth-order valence-corrected chi connectivity index (χ4v) is 6.16. The molecule has 0 spiro atoms. The van der Waals surface area contributed by atoms with Crippen molar-refractivity contribution in [2.24, 2.45) is 0 Å². The Morgan fingerprint density at radius 2 is 1.87 bits per heavy atom. The van der Waals surface area contributed by atoms with E-state index >= 15 is 4.39 Å². The average molecular weight is 652 g/mol. The standard InChI is InChI=1S/C30H39FN3O10P/c1-6-8-13-19-41-27(37)21(3)32-45(39,44-22-14-11-10-12-15-22)42-20-23-26(40-5)30(4,31)28(43-23)33-18-17-25(36)34(29(33)38)24(35)16-9-7-2/h6-7,10-12,14-15,17-18,21,23,26,28H,1-2,8-9,13,16,19-20H2,3-5H3,(H,32,39)/t21-,23?,26+,28?,30+,45-/m0/s1. The number of esters is 1. The zero-order chi connectivity index (χ0) is 33.2. The minimum atomic E-state index is -4.36. The summed E-state index contributed by atoms with van der Waals surface area (Å²) >= 11 is 0. The van der Waals surface area contributed by atoms with Crippen molar-refractivity contribution in [2.45, 2.75) is 69.7 Å².